The Labute approximate surface area is 206 Å². The third-order valence-corrected chi connectivity index (χ3v) is 6.84. The summed E-state index contributed by atoms with van der Waals surface area (Å²) in [5.74, 6) is 0.956. The van der Waals surface area contributed by atoms with E-state index in [9.17, 15) is 14.4 Å². The molecular formula is C27H33N3O5. The van der Waals surface area contributed by atoms with Crippen LogP contribution in [-0.4, -0.2) is 67.9 Å². The molecule has 2 aromatic carbocycles. The maximum Gasteiger partial charge on any atom is 0.254 e. The van der Waals surface area contributed by atoms with Crippen molar-refractivity contribution in [3.8, 4) is 11.5 Å². The Kier molecular flexibility index (Phi) is 7.90. The van der Waals surface area contributed by atoms with Gasteiger partial charge in [0, 0.05) is 48.9 Å². The zero-order valence-corrected chi connectivity index (χ0v) is 20.4. The SMILES string of the molecule is COc1ccc(C(=O)N2CCN(C(=O)c3cccc(NC(=O)C4CCCCC4)c3)CC2)cc1OC. The first kappa shape index (κ1) is 24.6. The number of anilines is 1. The van der Waals surface area contributed by atoms with E-state index < -0.39 is 0 Å². The topological polar surface area (TPSA) is 88.2 Å². The Morgan fingerprint density at radius 1 is 0.771 bits per heavy atom. The Morgan fingerprint density at radius 3 is 1.97 bits per heavy atom. The van der Waals surface area contributed by atoms with Gasteiger partial charge >= 0.3 is 0 Å². The fourth-order valence-electron chi connectivity index (χ4n) is 4.79. The first-order valence-electron chi connectivity index (χ1n) is 12.2. The van der Waals surface area contributed by atoms with Crippen LogP contribution in [0.4, 0.5) is 5.69 Å². The first-order valence-corrected chi connectivity index (χ1v) is 12.2. The molecule has 1 N–H and O–H groups in total. The third-order valence-electron chi connectivity index (χ3n) is 6.84. The lowest BCUT2D eigenvalue weighted by Crippen LogP contribution is -2.50. The van der Waals surface area contributed by atoms with Crippen LogP contribution >= 0.6 is 0 Å². The van der Waals surface area contributed by atoms with Crippen LogP contribution in [0.15, 0.2) is 42.5 Å². The summed E-state index contributed by atoms with van der Waals surface area (Å²) in [6, 6.07) is 12.2. The summed E-state index contributed by atoms with van der Waals surface area (Å²) in [4.78, 5) is 42.2. The molecule has 0 bridgehead atoms. The molecule has 1 saturated heterocycles. The molecule has 4 rings (SSSR count). The van der Waals surface area contributed by atoms with Gasteiger partial charge in [-0.3, -0.25) is 14.4 Å². The molecule has 0 atom stereocenters. The fraction of sp³-hybridized carbons (Fsp3) is 0.444. The molecule has 0 spiro atoms. The monoisotopic (exact) mass is 479 g/mol. The molecule has 1 saturated carbocycles. The molecule has 8 heteroatoms. The lowest BCUT2D eigenvalue weighted by Gasteiger charge is -2.35. The molecule has 1 heterocycles. The molecule has 1 aliphatic carbocycles. The Balaban J connectivity index is 1.34. The molecule has 186 valence electrons. The number of hydrogen-bond acceptors (Lipinski definition) is 5. The van der Waals surface area contributed by atoms with Crippen molar-refractivity contribution < 1.29 is 23.9 Å². The second kappa shape index (κ2) is 11.3. The smallest absolute Gasteiger partial charge is 0.254 e. The van der Waals surface area contributed by atoms with E-state index in [1.807, 2.05) is 6.07 Å². The van der Waals surface area contributed by atoms with Gasteiger partial charge in [-0.1, -0.05) is 25.3 Å². The summed E-state index contributed by atoms with van der Waals surface area (Å²) in [6.45, 7) is 1.76. The third kappa shape index (κ3) is 5.75. The van der Waals surface area contributed by atoms with Crippen LogP contribution in [0.25, 0.3) is 0 Å². The van der Waals surface area contributed by atoms with Gasteiger partial charge < -0.3 is 24.6 Å². The summed E-state index contributed by atoms with van der Waals surface area (Å²) in [5, 5.41) is 2.99. The maximum atomic E-state index is 13.1. The van der Waals surface area contributed by atoms with Gasteiger partial charge in [0.05, 0.1) is 14.2 Å². The van der Waals surface area contributed by atoms with Crippen LogP contribution in [0.2, 0.25) is 0 Å². The highest BCUT2D eigenvalue weighted by atomic mass is 16.5. The summed E-state index contributed by atoms with van der Waals surface area (Å²) in [6.07, 6.45) is 5.24. The molecule has 2 aromatic rings. The number of rotatable bonds is 6. The normalized spacial score (nSPS) is 16.5. The van der Waals surface area contributed by atoms with Gasteiger partial charge in [-0.05, 0) is 49.2 Å². The van der Waals surface area contributed by atoms with Crippen molar-refractivity contribution in [3.63, 3.8) is 0 Å². The van der Waals surface area contributed by atoms with Crippen molar-refractivity contribution in [3.05, 3.63) is 53.6 Å². The number of methoxy groups -OCH3 is 2. The predicted octanol–water partition coefficient (Wildman–Crippen LogP) is 3.82. The largest absolute Gasteiger partial charge is 0.493 e. The summed E-state index contributed by atoms with van der Waals surface area (Å²) in [7, 11) is 3.09. The van der Waals surface area contributed by atoms with Crippen molar-refractivity contribution in [1.29, 1.82) is 0 Å². The number of benzene rings is 2. The van der Waals surface area contributed by atoms with E-state index in [0.717, 1.165) is 25.7 Å². The highest BCUT2D eigenvalue weighted by Crippen LogP contribution is 2.28. The van der Waals surface area contributed by atoms with Crippen molar-refractivity contribution in [2.75, 3.05) is 45.7 Å². The van der Waals surface area contributed by atoms with Gasteiger partial charge in [0.25, 0.3) is 11.8 Å². The molecule has 2 fully saturated rings. The standard InChI is InChI=1S/C27H33N3O5/c1-34-23-12-11-21(18-24(23)35-2)27(33)30-15-13-29(14-16-30)26(32)20-9-6-10-22(17-20)28-25(31)19-7-4-3-5-8-19/h6,9-12,17-19H,3-5,7-8,13-16H2,1-2H3,(H,28,31). The molecule has 3 amide bonds. The number of nitrogens with zero attached hydrogens (tertiary/aromatic N) is 2. The molecule has 2 aliphatic rings. The minimum Gasteiger partial charge on any atom is -0.493 e. The lowest BCUT2D eigenvalue weighted by molar-refractivity contribution is -0.120. The molecule has 1 aliphatic heterocycles. The summed E-state index contributed by atoms with van der Waals surface area (Å²) >= 11 is 0. The Bertz CT molecular complexity index is 1070. The quantitative estimate of drug-likeness (QED) is 0.681. The predicted molar refractivity (Wildman–Crippen MR) is 133 cm³/mol. The lowest BCUT2D eigenvalue weighted by atomic mass is 9.88. The number of hydrogen-bond donors (Lipinski definition) is 1. The highest BCUT2D eigenvalue weighted by Gasteiger charge is 2.27. The van der Waals surface area contributed by atoms with Gasteiger partial charge in [-0.2, -0.15) is 0 Å². The van der Waals surface area contributed by atoms with Crippen LogP contribution in [0.5, 0.6) is 11.5 Å². The average molecular weight is 480 g/mol. The number of nitrogens with one attached hydrogen (secondary N) is 1. The molecular weight excluding hydrogens is 446 g/mol. The van der Waals surface area contributed by atoms with Crippen molar-refractivity contribution in [2.24, 2.45) is 5.92 Å². The highest BCUT2D eigenvalue weighted by molar-refractivity contribution is 5.98. The number of carbonyl (C=O) groups excluding carboxylic acids is 3. The molecule has 8 nitrogen and oxygen atoms in total. The van der Waals surface area contributed by atoms with Crippen LogP contribution in [-0.2, 0) is 4.79 Å². The minimum absolute atomic E-state index is 0.0385. The van der Waals surface area contributed by atoms with Crippen molar-refractivity contribution in [2.45, 2.75) is 32.1 Å². The van der Waals surface area contributed by atoms with Crippen LogP contribution in [0.3, 0.4) is 0 Å². The van der Waals surface area contributed by atoms with E-state index in [1.54, 1.807) is 53.3 Å². The second-order valence-electron chi connectivity index (χ2n) is 9.06. The van der Waals surface area contributed by atoms with Gasteiger partial charge in [-0.15, -0.1) is 0 Å². The van der Waals surface area contributed by atoms with Crippen molar-refractivity contribution in [1.82, 2.24) is 9.80 Å². The Morgan fingerprint density at radius 2 is 1.37 bits per heavy atom. The van der Waals surface area contributed by atoms with E-state index in [2.05, 4.69) is 5.32 Å². The molecule has 0 aromatic heterocycles. The van der Waals surface area contributed by atoms with Gasteiger partial charge in [0.15, 0.2) is 11.5 Å². The molecule has 35 heavy (non-hydrogen) atoms. The maximum absolute atomic E-state index is 13.1. The van der Waals surface area contributed by atoms with Crippen LogP contribution in [0.1, 0.15) is 52.8 Å². The Hall–Kier alpha value is -3.55. The second-order valence-corrected chi connectivity index (χ2v) is 9.06. The average Bonchev–Trinajstić information content (AvgIpc) is 2.92. The number of amides is 3. The van der Waals surface area contributed by atoms with E-state index in [1.165, 1.54) is 13.5 Å². The van der Waals surface area contributed by atoms with Gasteiger partial charge in [0.2, 0.25) is 5.91 Å². The van der Waals surface area contributed by atoms with E-state index in [4.69, 9.17) is 9.47 Å². The van der Waals surface area contributed by atoms with Crippen LogP contribution in [0, 0.1) is 5.92 Å². The minimum atomic E-state index is -0.106. The number of piperazine rings is 1. The molecule has 0 radical (unpaired) electrons. The van der Waals surface area contributed by atoms with E-state index in [0.29, 0.717) is 54.5 Å². The fourth-order valence-corrected chi connectivity index (χ4v) is 4.79. The number of carbonyl (C=O) groups is 3. The zero-order chi connectivity index (χ0) is 24.8. The van der Waals surface area contributed by atoms with Crippen LogP contribution < -0.4 is 14.8 Å². The zero-order valence-electron chi connectivity index (χ0n) is 20.4. The summed E-state index contributed by atoms with van der Waals surface area (Å²) < 4.78 is 10.5. The van der Waals surface area contributed by atoms with E-state index >= 15 is 0 Å². The van der Waals surface area contributed by atoms with Gasteiger partial charge in [-0.25, -0.2) is 0 Å². The summed E-state index contributed by atoms with van der Waals surface area (Å²) in [5.41, 5.74) is 1.70. The van der Waals surface area contributed by atoms with E-state index in [-0.39, 0.29) is 23.6 Å². The van der Waals surface area contributed by atoms with Crippen molar-refractivity contribution >= 4 is 23.4 Å². The van der Waals surface area contributed by atoms with Gasteiger partial charge in [0.1, 0.15) is 0 Å². The molecule has 0 unspecified atom stereocenters. The first-order chi connectivity index (χ1) is 17.0. The number of ether oxygens (including phenoxy) is 2.